The number of ketones is 2. The highest BCUT2D eigenvalue weighted by atomic mass is 16.1. The third kappa shape index (κ3) is 3.31. The van der Waals surface area contributed by atoms with Crippen molar-refractivity contribution < 1.29 is 9.59 Å². The Hall–Kier alpha value is -1.44. The second-order valence-electron chi connectivity index (χ2n) is 3.54. The number of hydrogen-bond acceptors (Lipinski definition) is 2. The van der Waals surface area contributed by atoms with Crippen LogP contribution in [0.15, 0.2) is 24.3 Å². The maximum Gasteiger partial charge on any atom is 0.170 e. The van der Waals surface area contributed by atoms with Crippen molar-refractivity contribution >= 4 is 11.6 Å². The molecule has 0 unspecified atom stereocenters. The zero-order chi connectivity index (χ0) is 11.3. The average molecular weight is 204 g/mol. The Morgan fingerprint density at radius 2 is 1.67 bits per heavy atom. The van der Waals surface area contributed by atoms with E-state index in [0.717, 1.165) is 6.42 Å². The first-order valence-corrected chi connectivity index (χ1v) is 5.31. The van der Waals surface area contributed by atoms with Gasteiger partial charge in [0.15, 0.2) is 5.78 Å². The van der Waals surface area contributed by atoms with Gasteiger partial charge in [-0.15, -0.1) is 0 Å². The second kappa shape index (κ2) is 5.44. The van der Waals surface area contributed by atoms with E-state index in [2.05, 4.69) is 6.92 Å². The van der Waals surface area contributed by atoms with Crippen molar-refractivity contribution in [3.63, 3.8) is 0 Å². The molecular weight excluding hydrogens is 188 g/mol. The van der Waals surface area contributed by atoms with Crippen molar-refractivity contribution in [3.8, 4) is 0 Å². The molecule has 1 aromatic rings. The Kier molecular flexibility index (Phi) is 4.22. The number of carbonyl (C=O) groups excluding carboxylic acids is 2. The predicted molar refractivity (Wildman–Crippen MR) is 60.1 cm³/mol. The highest BCUT2D eigenvalue weighted by molar-refractivity contribution is 6.07. The minimum Gasteiger partial charge on any atom is -0.299 e. The van der Waals surface area contributed by atoms with Crippen LogP contribution >= 0.6 is 0 Å². The van der Waals surface area contributed by atoms with Gasteiger partial charge in [-0.25, -0.2) is 0 Å². The van der Waals surface area contributed by atoms with E-state index in [1.165, 1.54) is 5.56 Å². The van der Waals surface area contributed by atoms with E-state index in [9.17, 15) is 9.59 Å². The molecule has 0 aromatic heterocycles. The maximum atomic E-state index is 11.6. The molecule has 2 heteroatoms. The molecule has 0 atom stereocenters. The van der Waals surface area contributed by atoms with Crippen molar-refractivity contribution in [1.82, 2.24) is 0 Å². The number of hydrogen-bond donors (Lipinski definition) is 0. The topological polar surface area (TPSA) is 34.1 Å². The number of carbonyl (C=O) groups is 2. The van der Waals surface area contributed by atoms with Crippen LogP contribution in [-0.2, 0) is 11.2 Å². The SMILES string of the molecule is CCC(=O)CC(=O)c1ccc(CC)cc1. The zero-order valence-electron chi connectivity index (χ0n) is 9.25. The van der Waals surface area contributed by atoms with E-state index < -0.39 is 0 Å². The summed E-state index contributed by atoms with van der Waals surface area (Å²) in [6, 6.07) is 7.46. The van der Waals surface area contributed by atoms with Gasteiger partial charge in [0, 0.05) is 12.0 Å². The molecule has 0 bridgehead atoms. The van der Waals surface area contributed by atoms with Crippen LogP contribution in [0.1, 0.15) is 42.6 Å². The Morgan fingerprint density at radius 1 is 1.07 bits per heavy atom. The standard InChI is InChI=1S/C13H16O2/c1-3-10-5-7-11(8-6-10)13(15)9-12(14)4-2/h5-8H,3-4,9H2,1-2H3. The highest BCUT2D eigenvalue weighted by Crippen LogP contribution is 2.08. The summed E-state index contributed by atoms with van der Waals surface area (Å²) < 4.78 is 0. The number of rotatable bonds is 5. The van der Waals surface area contributed by atoms with E-state index in [-0.39, 0.29) is 18.0 Å². The lowest BCUT2D eigenvalue weighted by atomic mass is 10.0. The quantitative estimate of drug-likeness (QED) is 0.546. The van der Waals surface area contributed by atoms with Crippen LogP contribution < -0.4 is 0 Å². The fraction of sp³-hybridized carbons (Fsp3) is 0.385. The first-order valence-electron chi connectivity index (χ1n) is 5.31. The average Bonchev–Trinajstić information content (AvgIpc) is 2.29. The normalized spacial score (nSPS) is 10.0. The molecule has 2 nitrogen and oxygen atoms in total. The molecule has 0 fully saturated rings. The summed E-state index contributed by atoms with van der Waals surface area (Å²) in [5.74, 6) is -0.0796. The van der Waals surface area contributed by atoms with Gasteiger partial charge in [-0.2, -0.15) is 0 Å². The molecule has 80 valence electrons. The largest absolute Gasteiger partial charge is 0.299 e. The van der Waals surface area contributed by atoms with Crippen LogP contribution in [0.3, 0.4) is 0 Å². The van der Waals surface area contributed by atoms with Gasteiger partial charge >= 0.3 is 0 Å². The van der Waals surface area contributed by atoms with Gasteiger partial charge in [-0.3, -0.25) is 9.59 Å². The fourth-order valence-corrected chi connectivity index (χ4v) is 1.33. The summed E-state index contributed by atoms with van der Waals surface area (Å²) in [6.07, 6.45) is 1.42. The summed E-state index contributed by atoms with van der Waals surface area (Å²) in [5.41, 5.74) is 1.84. The van der Waals surface area contributed by atoms with Gasteiger partial charge in [0.2, 0.25) is 0 Å². The molecule has 0 amide bonds. The Labute approximate surface area is 90.3 Å². The van der Waals surface area contributed by atoms with Gasteiger partial charge in [0.25, 0.3) is 0 Å². The monoisotopic (exact) mass is 204 g/mol. The summed E-state index contributed by atoms with van der Waals surface area (Å²) in [7, 11) is 0. The maximum absolute atomic E-state index is 11.6. The van der Waals surface area contributed by atoms with Gasteiger partial charge in [-0.05, 0) is 12.0 Å². The predicted octanol–water partition coefficient (Wildman–Crippen LogP) is 2.80. The van der Waals surface area contributed by atoms with Gasteiger partial charge in [0.05, 0.1) is 6.42 Å². The molecule has 0 aliphatic carbocycles. The Bertz CT molecular complexity index is 349. The third-order valence-corrected chi connectivity index (χ3v) is 2.44. The van der Waals surface area contributed by atoms with Gasteiger partial charge in [-0.1, -0.05) is 38.1 Å². The molecule has 0 saturated heterocycles. The molecule has 0 aliphatic rings. The lowest BCUT2D eigenvalue weighted by Crippen LogP contribution is -2.06. The van der Waals surface area contributed by atoms with Gasteiger partial charge < -0.3 is 0 Å². The third-order valence-electron chi connectivity index (χ3n) is 2.44. The smallest absolute Gasteiger partial charge is 0.170 e. The Balaban J connectivity index is 2.70. The summed E-state index contributed by atoms with van der Waals surface area (Å²) in [5, 5.41) is 0. The van der Waals surface area contributed by atoms with E-state index in [1.807, 2.05) is 12.1 Å². The minimum absolute atomic E-state index is 0.000400. The lowest BCUT2D eigenvalue weighted by molar-refractivity contribution is -0.117. The molecule has 1 rings (SSSR count). The van der Waals surface area contributed by atoms with Gasteiger partial charge in [0.1, 0.15) is 5.78 Å². The zero-order valence-corrected chi connectivity index (χ0v) is 9.25. The van der Waals surface area contributed by atoms with E-state index >= 15 is 0 Å². The Morgan fingerprint density at radius 3 is 2.13 bits per heavy atom. The van der Waals surface area contributed by atoms with Crippen molar-refractivity contribution in [2.24, 2.45) is 0 Å². The van der Waals surface area contributed by atoms with E-state index in [1.54, 1.807) is 19.1 Å². The number of aryl methyl sites for hydroxylation is 1. The summed E-state index contributed by atoms with van der Waals surface area (Å²) in [4.78, 5) is 22.7. The van der Waals surface area contributed by atoms with E-state index in [4.69, 9.17) is 0 Å². The molecular formula is C13H16O2. The second-order valence-corrected chi connectivity index (χ2v) is 3.54. The molecule has 0 saturated carbocycles. The van der Waals surface area contributed by atoms with E-state index in [0.29, 0.717) is 12.0 Å². The molecule has 0 N–H and O–H groups in total. The first-order chi connectivity index (χ1) is 7.17. The fourth-order valence-electron chi connectivity index (χ4n) is 1.33. The van der Waals surface area contributed by atoms with Crippen LogP contribution in [-0.4, -0.2) is 11.6 Å². The minimum atomic E-state index is -0.0792. The lowest BCUT2D eigenvalue weighted by Gasteiger charge is -2.01. The summed E-state index contributed by atoms with van der Waals surface area (Å²) in [6.45, 7) is 3.84. The van der Waals surface area contributed by atoms with Crippen LogP contribution in [0.4, 0.5) is 0 Å². The van der Waals surface area contributed by atoms with Crippen LogP contribution in [0, 0.1) is 0 Å². The first kappa shape index (κ1) is 11.6. The van der Waals surface area contributed by atoms with Crippen LogP contribution in [0.5, 0.6) is 0 Å². The van der Waals surface area contributed by atoms with Crippen LogP contribution in [0.25, 0.3) is 0 Å². The van der Waals surface area contributed by atoms with Crippen molar-refractivity contribution in [2.45, 2.75) is 33.1 Å². The number of benzene rings is 1. The molecule has 15 heavy (non-hydrogen) atoms. The molecule has 0 heterocycles. The molecule has 0 aliphatic heterocycles. The van der Waals surface area contributed by atoms with Crippen molar-refractivity contribution in [3.05, 3.63) is 35.4 Å². The molecule has 0 spiro atoms. The molecule has 1 aromatic carbocycles. The van der Waals surface area contributed by atoms with Crippen molar-refractivity contribution in [2.75, 3.05) is 0 Å². The van der Waals surface area contributed by atoms with Crippen LogP contribution in [0.2, 0.25) is 0 Å². The molecule has 0 radical (unpaired) electrons. The van der Waals surface area contributed by atoms with Crippen molar-refractivity contribution in [1.29, 1.82) is 0 Å². The highest BCUT2D eigenvalue weighted by Gasteiger charge is 2.09. The summed E-state index contributed by atoms with van der Waals surface area (Å²) >= 11 is 0. The number of Topliss-reactive ketones (excluding diaryl/α,β-unsaturated/α-hetero) is 2.